The molecule has 0 aliphatic carbocycles. The Morgan fingerprint density at radius 2 is 2.06 bits per heavy atom. The van der Waals surface area contributed by atoms with E-state index in [1.54, 1.807) is 6.92 Å². The average molecular weight is 245 g/mol. The number of rotatable bonds is 10. The van der Waals surface area contributed by atoms with Crippen molar-refractivity contribution in [3.05, 3.63) is 0 Å². The second kappa shape index (κ2) is 10.1. The van der Waals surface area contributed by atoms with Gasteiger partial charge in [-0.05, 0) is 12.3 Å². The van der Waals surface area contributed by atoms with Crippen molar-refractivity contribution in [2.45, 2.75) is 39.5 Å². The fourth-order valence-corrected chi connectivity index (χ4v) is 1.33. The first-order valence-corrected chi connectivity index (χ1v) is 6.12. The molecule has 0 aromatic rings. The average Bonchev–Trinajstić information content (AvgIpc) is 2.25. The number of hydrogen-bond donors (Lipinski definition) is 2. The smallest absolute Gasteiger partial charge is 0.303 e. The number of unbranched alkanes of at least 4 members (excludes halogenated alkanes) is 2. The molecule has 0 fully saturated rings. The number of nitrogens with one attached hydrogen (secondary N) is 1. The predicted octanol–water partition coefficient (Wildman–Crippen LogP) is 1.42. The highest BCUT2D eigenvalue weighted by Crippen LogP contribution is 1.99. The van der Waals surface area contributed by atoms with Crippen LogP contribution in [0.15, 0.2) is 0 Å². The van der Waals surface area contributed by atoms with Gasteiger partial charge >= 0.3 is 5.97 Å². The molecule has 0 rings (SSSR count). The number of carbonyl (C=O) groups excluding carboxylic acids is 1. The molecule has 0 saturated carbocycles. The minimum Gasteiger partial charge on any atom is -0.481 e. The van der Waals surface area contributed by atoms with Gasteiger partial charge in [-0.15, -0.1) is 0 Å². The van der Waals surface area contributed by atoms with Gasteiger partial charge in [-0.2, -0.15) is 0 Å². The Kier molecular flexibility index (Phi) is 9.43. The maximum Gasteiger partial charge on any atom is 0.303 e. The zero-order valence-electron chi connectivity index (χ0n) is 10.7. The Labute approximate surface area is 103 Å². The van der Waals surface area contributed by atoms with Crippen molar-refractivity contribution in [2.24, 2.45) is 5.92 Å². The molecule has 0 aromatic heterocycles. The van der Waals surface area contributed by atoms with E-state index in [4.69, 9.17) is 9.84 Å². The lowest BCUT2D eigenvalue weighted by molar-refractivity contribution is -0.138. The lowest BCUT2D eigenvalue weighted by Gasteiger charge is -2.10. The van der Waals surface area contributed by atoms with Gasteiger partial charge in [-0.25, -0.2) is 0 Å². The summed E-state index contributed by atoms with van der Waals surface area (Å²) in [6, 6.07) is 0. The van der Waals surface area contributed by atoms with Gasteiger partial charge in [0.05, 0.1) is 0 Å². The van der Waals surface area contributed by atoms with Gasteiger partial charge in [0.1, 0.15) is 6.61 Å². The van der Waals surface area contributed by atoms with Gasteiger partial charge < -0.3 is 15.2 Å². The monoisotopic (exact) mass is 245 g/mol. The number of carboxylic acid groups (broad SMARTS) is 1. The fourth-order valence-electron chi connectivity index (χ4n) is 1.33. The summed E-state index contributed by atoms with van der Waals surface area (Å²) in [6.07, 6.45) is 3.27. The Hall–Kier alpha value is -1.10. The third kappa shape index (κ3) is 11.2. The first-order chi connectivity index (χ1) is 8.06. The lowest BCUT2D eigenvalue weighted by atomic mass is 10.1. The topological polar surface area (TPSA) is 75.6 Å². The molecule has 1 unspecified atom stereocenters. The van der Waals surface area contributed by atoms with Crippen molar-refractivity contribution in [1.82, 2.24) is 5.32 Å². The maximum atomic E-state index is 11.3. The van der Waals surface area contributed by atoms with Gasteiger partial charge in [0.25, 0.3) is 0 Å². The predicted molar refractivity (Wildman–Crippen MR) is 64.8 cm³/mol. The molecule has 0 heterocycles. The number of aliphatic carboxylic acids is 1. The third-order valence-electron chi connectivity index (χ3n) is 2.30. The van der Waals surface area contributed by atoms with E-state index in [0.29, 0.717) is 13.2 Å². The molecule has 0 aliphatic heterocycles. The summed E-state index contributed by atoms with van der Waals surface area (Å²) in [5.74, 6) is -1.09. The van der Waals surface area contributed by atoms with Crippen LogP contribution in [0.25, 0.3) is 0 Å². The Morgan fingerprint density at radius 1 is 1.35 bits per heavy atom. The maximum absolute atomic E-state index is 11.3. The van der Waals surface area contributed by atoms with Gasteiger partial charge in [0.15, 0.2) is 0 Å². The summed E-state index contributed by atoms with van der Waals surface area (Å²) >= 11 is 0. The molecule has 0 bridgehead atoms. The zero-order valence-corrected chi connectivity index (χ0v) is 10.7. The van der Waals surface area contributed by atoms with Crippen LogP contribution in [0.1, 0.15) is 39.5 Å². The zero-order chi connectivity index (χ0) is 13.1. The van der Waals surface area contributed by atoms with E-state index in [1.807, 2.05) is 0 Å². The standard InChI is InChI=1S/C12H23NO4/c1-3-4-5-6-17-9-11(14)13-8-10(2)7-12(15)16/h10H,3-9H2,1-2H3,(H,13,14)(H,15,16). The van der Waals surface area contributed by atoms with Crippen LogP contribution in [0.4, 0.5) is 0 Å². The molecule has 2 N–H and O–H groups in total. The van der Waals surface area contributed by atoms with Crippen LogP contribution in [0.5, 0.6) is 0 Å². The SMILES string of the molecule is CCCCCOCC(=O)NCC(C)CC(=O)O. The van der Waals surface area contributed by atoms with E-state index in [0.717, 1.165) is 19.3 Å². The van der Waals surface area contributed by atoms with Crippen LogP contribution < -0.4 is 5.32 Å². The molecule has 0 spiro atoms. The van der Waals surface area contributed by atoms with Gasteiger partial charge in [-0.3, -0.25) is 9.59 Å². The van der Waals surface area contributed by atoms with Crippen molar-refractivity contribution in [2.75, 3.05) is 19.8 Å². The van der Waals surface area contributed by atoms with Gasteiger partial charge in [0, 0.05) is 19.6 Å². The van der Waals surface area contributed by atoms with Crippen LogP contribution in [0.2, 0.25) is 0 Å². The van der Waals surface area contributed by atoms with Crippen LogP contribution in [-0.4, -0.2) is 36.7 Å². The molecule has 1 amide bonds. The molecule has 0 aromatic carbocycles. The highest BCUT2D eigenvalue weighted by atomic mass is 16.5. The molecule has 1 atom stereocenters. The normalized spacial score (nSPS) is 12.1. The largest absolute Gasteiger partial charge is 0.481 e. The van der Waals surface area contributed by atoms with Crippen molar-refractivity contribution in [3.8, 4) is 0 Å². The molecule has 100 valence electrons. The fraction of sp³-hybridized carbons (Fsp3) is 0.833. The first-order valence-electron chi connectivity index (χ1n) is 6.12. The Balaban J connectivity index is 3.42. The molecule has 5 nitrogen and oxygen atoms in total. The number of carboxylic acids is 1. The number of hydrogen-bond acceptors (Lipinski definition) is 3. The highest BCUT2D eigenvalue weighted by Gasteiger charge is 2.09. The molecule has 17 heavy (non-hydrogen) atoms. The number of carbonyl (C=O) groups is 2. The van der Waals surface area contributed by atoms with E-state index in [-0.39, 0.29) is 24.9 Å². The molecule has 0 aliphatic rings. The second-order valence-electron chi connectivity index (χ2n) is 4.27. The van der Waals surface area contributed by atoms with E-state index in [9.17, 15) is 9.59 Å². The second-order valence-corrected chi connectivity index (χ2v) is 4.27. The quantitative estimate of drug-likeness (QED) is 0.571. The number of amides is 1. The third-order valence-corrected chi connectivity index (χ3v) is 2.30. The lowest BCUT2D eigenvalue weighted by Crippen LogP contribution is -2.32. The molecule has 0 radical (unpaired) electrons. The van der Waals surface area contributed by atoms with Crippen LogP contribution in [-0.2, 0) is 14.3 Å². The summed E-state index contributed by atoms with van der Waals surface area (Å²) in [7, 11) is 0. The van der Waals surface area contributed by atoms with Crippen molar-refractivity contribution >= 4 is 11.9 Å². The minimum atomic E-state index is -0.845. The van der Waals surface area contributed by atoms with E-state index in [2.05, 4.69) is 12.2 Å². The summed E-state index contributed by atoms with van der Waals surface area (Å²) in [4.78, 5) is 21.7. The summed E-state index contributed by atoms with van der Waals surface area (Å²) in [6.45, 7) is 4.94. The van der Waals surface area contributed by atoms with Crippen LogP contribution in [0, 0.1) is 5.92 Å². The van der Waals surface area contributed by atoms with Gasteiger partial charge in [0.2, 0.25) is 5.91 Å². The van der Waals surface area contributed by atoms with Crippen molar-refractivity contribution < 1.29 is 19.4 Å². The van der Waals surface area contributed by atoms with Crippen molar-refractivity contribution in [3.63, 3.8) is 0 Å². The highest BCUT2D eigenvalue weighted by molar-refractivity contribution is 5.77. The molecular weight excluding hydrogens is 222 g/mol. The van der Waals surface area contributed by atoms with Crippen LogP contribution in [0.3, 0.4) is 0 Å². The molecule has 5 heteroatoms. The Morgan fingerprint density at radius 3 is 2.65 bits per heavy atom. The van der Waals surface area contributed by atoms with Crippen molar-refractivity contribution in [1.29, 1.82) is 0 Å². The summed E-state index contributed by atoms with van der Waals surface area (Å²) < 4.78 is 5.18. The van der Waals surface area contributed by atoms with E-state index in [1.165, 1.54) is 0 Å². The first kappa shape index (κ1) is 15.9. The summed E-state index contributed by atoms with van der Waals surface area (Å²) in [5, 5.41) is 11.2. The minimum absolute atomic E-state index is 0.0588. The molecular formula is C12H23NO4. The number of ether oxygens (including phenoxy) is 1. The molecule has 0 saturated heterocycles. The summed E-state index contributed by atoms with van der Waals surface area (Å²) in [5.41, 5.74) is 0. The van der Waals surface area contributed by atoms with E-state index < -0.39 is 5.97 Å². The van der Waals surface area contributed by atoms with E-state index >= 15 is 0 Å². The Bertz CT molecular complexity index is 231. The van der Waals surface area contributed by atoms with Crippen LogP contribution >= 0.6 is 0 Å². The van der Waals surface area contributed by atoms with Gasteiger partial charge in [-0.1, -0.05) is 26.7 Å².